The lowest BCUT2D eigenvalue weighted by molar-refractivity contribution is 0.250. The second-order valence-electron chi connectivity index (χ2n) is 3.16. The quantitative estimate of drug-likeness (QED) is 0.563. The topological polar surface area (TPSA) is 20.2 Å². The van der Waals surface area contributed by atoms with Crippen molar-refractivity contribution in [1.82, 2.24) is 0 Å². The van der Waals surface area contributed by atoms with Crippen LogP contribution in [0.25, 0.3) is 0 Å². The van der Waals surface area contributed by atoms with Crippen LogP contribution in [-0.4, -0.2) is 11.7 Å². The van der Waals surface area contributed by atoms with Crippen molar-refractivity contribution in [3.63, 3.8) is 0 Å². The van der Waals surface area contributed by atoms with Gasteiger partial charge in [0.2, 0.25) is 0 Å². The molecule has 0 bridgehead atoms. The van der Waals surface area contributed by atoms with E-state index in [1.165, 1.54) is 25.7 Å². The van der Waals surface area contributed by atoms with E-state index in [0.29, 0.717) is 12.5 Å². The Kier molecular flexibility index (Phi) is 8.03. The Morgan fingerprint density at radius 1 is 1.27 bits per heavy atom. The molecule has 0 amide bonds. The Hall–Kier alpha value is -0.0400. The van der Waals surface area contributed by atoms with Crippen LogP contribution in [-0.2, 0) is 0 Å². The van der Waals surface area contributed by atoms with E-state index in [9.17, 15) is 0 Å². The van der Waals surface area contributed by atoms with Crippen LogP contribution < -0.4 is 0 Å². The van der Waals surface area contributed by atoms with Gasteiger partial charge in [0.25, 0.3) is 0 Å². The zero-order valence-corrected chi connectivity index (χ0v) is 7.68. The SMILES string of the molecule is [CH2]CC(CCO)CCCCC. The maximum atomic E-state index is 8.70. The molecule has 1 unspecified atom stereocenters. The molecule has 0 aromatic heterocycles. The van der Waals surface area contributed by atoms with Crippen molar-refractivity contribution >= 4 is 0 Å². The lowest BCUT2D eigenvalue weighted by Gasteiger charge is -2.11. The van der Waals surface area contributed by atoms with Gasteiger partial charge in [-0.2, -0.15) is 0 Å². The minimum atomic E-state index is 0.326. The van der Waals surface area contributed by atoms with Crippen molar-refractivity contribution in [2.24, 2.45) is 5.92 Å². The highest BCUT2D eigenvalue weighted by molar-refractivity contribution is 4.60. The Bertz CT molecular complexity index is 71.3. The zero-order chi connectivity index (χ0) is 8.53. The summed E-state index contributed by atoms with van der Waals surface area (Å²) >= 11 is 0. The molecule has 0 aliphatic carbocycles. The molecule has 1 nitrogen and oxygen atoms in total. The predicted octanol–water partition coefficient (Wildman–Crippen LogP) is 2.79. The highest BCUT2D eigenvalue weighted by atomic mass is 16.3. The molecule has 0 aromatic carbocycles. The Morgan fingerprint density at radius 3 is 2.45 bits per heavy atom. The summed E-state index contributed by atoms with van der Waals surface area (Å²) in [5, 5.41) is 8.70. The molecular formula is C10H21O. The van der Waals surface area contributed by atoms with Gasteiger partial charge in [-0.25, -0.2) is 0 Å². The van der Waals surface area contributed by atoms with Gasteiger partial charge < -0.3 is 5.11 Å². The molecule has 1 radical (unpaired) electrons. The molecule has 0 aliphatic rings. The van der Waals surface area contributed by atoms with E-state index in [2.05, 4.69) is 13.8 Å². The van der Waals surface area contributed by atoms with Crippen LogP contribution in [0.3, 0.4) is 0 Å². The molecule has 67 valence electrons. The summed E-state index contributed by atoms with van der Waals surface area (Å²) in [4.78, 5) is 0. The van der Waals surface area contributed by atoms with E-state index >= 15 is 0 Å². The number of unbranched alkanes of at least 4 members (excludes halogenated alkanes) is 2. The zero-order valence-electron chi connectivity index (χ0n) is 7.68. The first kappa shape index (κ1) is 11.0. The number of aliphatic hydroxyl groups is 1. The summed E-state index contributed by atoms with van der Waals surface area (Å²) in [5.41, 5.74) is 0. The first-order valence-corrected chi connectivity index (χ1v) is 4.75. The van der Waals surface area contributed by atoms with Gasteiger partial charge in [-0.3, -0.25) is 0 Å². The minimum absolute atomic E-state index is 0.326. The number of hydrogen-bond acceptors (Lipinski definition) is 1. The van der Waals surface area contributed by atoms with E-state index in [-0.39, 0.29) is 0 Å². The second kappa shape index (κ2) is 8.06. The fourth-order valence-electron chi connectivity index (χ4n) is 1.30. The van der Waals surface area contributed by atoms with Gasteiger partial charge in [-0.05, 0) is 12.3 Å². The third-order valence-corrected chi connectivity index (χ3v) is 2.16. The molecular weight excluding hydrogens is 136 g/mol. The van der Waals surface area contributed by atoms with Crippen molar-refractivity contribution < 1.29 is 5.11 Å². The van der Waals surface area contributed by atoms with E-state index < -0.39 is 0 Å². The molecule has 0 saturated carbocycles. The van der Waals surface area contributed by atoms with Crippen LogP contribution in [0, 0.1) is 12.8 Å². The molecule has 1 heteroatoms. The van der Waals surface area contributed by atoms with Gasteiger partial charge in [0.15, 0.2) is 0 Å². The fourth-order valence-corrected chi connectivity index (χ4v) is 1.30. The molecule has 1 atom stereocenters. The average molecular weight is 157 g/mol. The van der Waals surface area contributed by atoms with Crippen molar-refractivity contribution in [1.29, 1.82) is 0 Å². The van der Waals surface area contributed by atoms with Gasteiger partial charge in [-0.1, -0.05) is 46.0 Å². The molecule has 0 saturated heterocycles. The summed E-state index contributed by atoms with van der Waals surface area (Å²) in [6.07, 6.45) is 7.07. The van der Waals surface area contributed by atoms with Gasteiger partial charge >= 0.3 is 0 Å². The normalized spacial score (nSPS) is 13.4. The molecule has 0 heterocycles. The third-order valence-electron chi connectivity index (χ3n) is 2.16. The Labute approximate surface area is 70.8 Å². The standard InChI is InChI=1S/C10H21O/c1-3-5-6-7-10(4-2)8-9-11/h10-11H,2-9H2,1H3. The molecule has 0 aliphatic heterocycles. The van der Waals surface area contributed by atoms with Gasteiger partial charge in [0, 0.05) is 6.61 Å². The Balaban J connectivity index is 3.20. The van der Waals surface area contributed by atoms with Gasteiger partial charge in [-0.15, -0.1) is 0 Å². The van der Waals surface area contributed by atoms with E-state index in [1.807, 2.05) is 0 Å². The van der Waals surface area contributed by atoms with Crippen LogP contribution in [0.4, 0.5) is 0 Å². The summed E-state index contributed by atoms with van der Waals surface area (Å²) < 4.78 is 0. The fraction of sp³-hybridized carbons (Fsp3) is 0.900. The van der Waals surface area contributed by atoms with Crippen LogP contribution >= 0.6 is 0 Å². The van der Waals surface area contributed by atoms with Crippen molar-refractivity contribution in [3.05, 3.63) is 6.92 Å². The third kappa shape index (κ3) is 6.36. The van der Waals surface area contributed by atoms with E-state index in [1.54, 1.807) is 0 Å². The summed E-state index contributed by atoms with van der Waals surface area (Å²) in [6.45, 7) is 6.41. The second-order valence-corrected chi connectivity index (χ2v) is 3.16. The summed E-state index contributed by atoms with van der Waals surface area (Å²) in [5.74, 6) is 0.659. The summed E-state index contributed by atoms with van der Waals surface area (Å²) in [7, 11) is 0. The number of hydrogen-bond donors (Lipinski definition) is 1. The minimum Gasteiger partial charge on any atom is -0.396 e. The predicted molar refractivity (Wildman–Crippen MR) is 49.3 cm³/mol. The largest absolute Gasteiger partial charge is 0.396 e. The monoisotopic (exact) mass is 157 g/mol. The maximum absolute atomic E-state index is 8.70. The lowest BCUT2D eigenvalue weighted by Crippen LogP contribution is -2.01. The van der Waals surface area contributed by atoms with E-state index in [0.717, 1.165) is 12.8 Å². The van der Waals surface area contributed by atoms with Crippen LogP contribution in [0.1, 0.15) is 45.4 Å². The molecule has 1 N–H and O–H groups in total. The first-order valence-electron chi connectivity index (χ1n) is 4.75. The van der Waals surface area contributed by atoms with Crippen molar-refractivity contribution in [3.8, 4) is 0 Å². The first-order chi connectivity index (χ1) is 5.35. The molecule has 0 rings (SSSR count). The van der Waals surface area contributed by atoms with E-state index in [4.69, 9.17) is 5.11 Å². The van der Waals surface area contributed by atoms with Crippen LogP contribution in [0.5, 0.6) is 0 Å². The van der Waals surface area contributed by atoms with Crippen molar-refractivity contribution in [2.45, 2.75) is 45.4 Å². The smallest absolute Gasteiger partial charge is 0.0433 e. The number of aliphatic hydroxyl groups excluding tert-OH is 1. The van der Waals surface area contributed by atoms with Crippen LogP contribution in [0.15, 0.2) is 0 Å². The molecule has 0 fully saturated rings. The molecule has 0 spiro atoms. The maximum Gasteiger partial charge on any atom is 0.0433 e. The lowest BCUT2D eigenvalue weighted by atomic mass is 9.96. The Morgan fingerprint density at radius 2 is 2.00 bits per heavy atom. The molecule has 11 heavy (non-hydrogen) atoms. The number of rotatable bonds is 7. The van der Waals surface area contributed by atoms with Crippen LogP contribution in [0.2, 0.25) is 0 Å². The summed E-state index contributed by atoms with van der Waals surface area (Å²) in [6, 6.07) is 0. The molecule has 0 aromatic rings. The van der Waals surface area contributed by atoms with Crippen molar-refractivity contribution in [2.75, 3.05) is 6.61 Å². The average Bonchev–Trinajstić information content (AvgIpc) is 2.03. The highest BCUT2D eigenvalue weighted by Crippen LogP contribution is 2.16. The highest BCUT2D eigenvalue weighted by Gasteiger charge is 2.03. The van der Waals surface area contributed by atoms with Gasteiger partial charge in [0.05, 0.1) is 0 Å². The van der Waals surface area contributed by atoms with Gasteiger partial charge in [0.1, 0.15) is 0 Å².